The third-order valence-corrected chi connectivity index (χ3v) is 4.78. The van der Waals surface area contributed by atoms with Crippen molar-refractivity contribution in [2.45, 2.75) is 6.92 Å². The Morgan fingerprint density at radius 1 is 0.700 bits per heavy atom. The molecule has 7 heteroatoms. The maximum atomic E-state index is 12.2. The van der Waals surface area contributed by atoms with Gasteiger partial charge in [-0.2, -0.15) is 0 Å². The van der Waals surface area contributed by atoms with Gasteiger partial charge in [0.25, 0.3) is 0 Å². The molecule has 3 aromatic carbocycles. The zero-order chi connectivity index (χ0) is 22.0. The summed E-state index contributed by atoms with van der Waals surface area (Å²) >= 11 is 0. The first-order valence-corrected chi connectivity index (χ1v) is 8.87. The average molecular weight is 403 g/mol. The summed E-state index contributed by atoms with van der Waals surface area (Å²) in [5.41, 5.74) is 8.08. The number of aromatic carboxylic acids is 2. The van der Waals surface area contributed by atoms with Gasteiger partial charge in [-0.3, -0.25) is 9.59 Å². The van der Waals surface area contributed by atoms with Crippen LogP contribution < -0.4 is 5.73 Å². The Morgan fingerprint density at radius 3 is 1.70 bits per heavy atom. The zero-order valence-electron chi connectivity index (χ0n) is 15.9. The van der Waals surface area contributed by atoms with Crippen molar-refractivity contribution in [1.82, 2.24) is 0 Å². The van der Waals surface area contributed by atoms with Crippen LogP contribution in [0.25, 0.3) is 0 Å². The van der Waals surface area contributed by atoms with E-state index in [0.717, 1.165) is 0 Å². The van der Waals surface area contributed by atoms with Gasteiger partial charge >= 0.3 is 11.9 Å². The van der Waals surface area contributed by atoms with Crippen molar-refractivity contribution in [1.29, 1.82) is 0 Å². The van der Waals surface area contributed by atoms with Crippen molar-refractivity contribution in [2.75, 3.05) is 5.73 Å². The second-order valence-electron chi connectivity index (χ2n) is 6.56. The summed E-state index contributed by atoms with van der Waals surface area (Å²) in [5, 5.41) is 17.4. The molecule has 0 aliphatic heterocycles. The molecule has 0 aromatic heterocycles. The molecule has 30 heavy (non-hydrogen) atoms. The monoisotopic (exact) mass is 403 g/mol. The zero-order valence-corrected chi connectivity index (χ0v) is 15.9. The predicted molar refractivity (Wildman–Crippen MR) is 109 cm³/mol. The molecule has 3 aromatic rings. The maximum absolute atomic E-state index is 12.2. The summed E-state index contributed by atoms with van der Waals surface area (Å²) in [7, 11) is 0. The lowest BCUT2D eigenvalue weighted by molar-refractivity contribution is 0.0695. The normalized spacial score (nSPS) is 11.6. The highest BCUT2D eigenvalue weighted by Gasteiger charge is 2.30. The molecule has 0 atom stereocenters. The van der Waals surface area contributed by atoms with Gasteiger partial charge in [0.15, 0.2) is 11.6 Å². The van der Waals surface area contributed by atoms with Crippen LogP contribution in [0.3, 0.4) is 0 Å². The van der Waals surface area contributed by atoms with Gasteiger partial charge in [-0.1, -0.05) is 42.5 Å². The fraction of sp³-hybridized carbons (Fsp3) is 0.0435. The predicted octanol–water partition coefficient (Wildman–Crippen LogP) is 3.44. The number of carbonyl (C=O) groups excluding carboxylic acids is 2. The van der Waals surface area contributed by atoms with Crippen LogP contribution in [0.5, 0.6) is 0 Å². The van der Waals surface area contributed by atoms with Crippen molar-refractivity contribution in [2.24, 2.45) is 0 Å². The first-order chi connectivity index (χ1) is 14.2. The number of rotatable bonds is 2. The molecule has 0 bridgehead atoms. The van der Waals surface area contributed by atoms with Crippen molar-refractivity contribution in [3.8, 4) is 0 Å². The van der Waals surface area contributed by atoms with E-state index < -0.39 is 11.9 Å². The minimum atomic E-state index is -1.11. The van der Waals surface area contributed by atoms with E-state index in [2.05, 4.69) is 0 Å². The number of fused-ring (bicyclic) bond motifs is 2. The number of carboxylic acid groups (broad SMARTS) is 2. The van der Waals surface area contributed by atoms with E-state index in [0.29, 0.717) is 27.9 Å². The summed E-state index contributed by atoms with van der Waals surface area (Å²) in [4.78, 5) is 45.6. The highest BCUT2D eigenvalue weighted by molar-refractivity contribution is 6.30. The summed E-state index contributed by atoms with van der Waals surface area (Å²) < 4.78 is 0. The molecule has 0 spiro atoms. The number of ketones is 2. The Labute approximate surface area is 171 Å². The van der Waals surface area contributed by atoms with E-state index in [1.54, 1.807) is 42.5 Å². The lowest BCUT2D eigenvalue weighted by Crippen LogP contribution is -2.22. The first kappa shape index (κ1) is 20.5. The molecule has 4 rings (SSSR count). The molecular weight excluding hydrogens is 386 g/mol. The molecule has 150 valence electrons. The van der Waals surface area contributed by atoms with Gasteiger partial charge in [0.1, 0.15) is 0 Å². The lowest BCUT2D eigenvalue weighted by atomic mass is 9.83. The molecule has 0 unspecified atom stereocenters. The van der Waals surface area contributed by atoms with Crippen LogP contribution in [-0.4, -0.2) is 33.7 Å². The van der Waals surface area contributed by atoms with E-state index >= 15 is 0 Å². The van der Waals surface area contributed by atoms with Crippen molar-refractivity contribution in [3.05, 3.63) is 99.6 Å². The minimum absolute atomic E-state index is 0.0277. The van der Waals surface area contributed by atoms with Gasteiger partial charge in [-0.05, 0) is 30.7 Å². The molecule has 0 fully saturated rings. The first-order valence-electron chi connectivity index (χ1n) is 8.87. The van der Waals surface area contributed by atoms with Crippen LogP contribution in [0.15, 0.2) is 60.7 Å². The fourth-order valence-corrected chi connectivity index (χ4v) is 3.27. The van der Waals surface area contributed by atoms with Crippen molar-refractivity contribution < 1.29 is 29.4 Å². The summed E-state index contributed by atoms with van der Waals surface area (Å²) in [5.74, 6) is -2.53. The van der Waals surface area contributed by atoms with Crippen LogP contribution >= 0.6 is 0 Å². The van der Waals surface area contributed by atoms with Crippen LogP contribution in [-0.2, 0) is 0 Å². The molecule has 0 saturated carbocycles. The van der Waals surface area contributed by atoms with Crippen LogP contribution in [0, 0.1) is 6.92 Å². The average Bonchev–Trinajstić information content (AvgIpc) is 2.72. The van der Waals surface area contributed by atoms with E-state index in [1.165, 1.54) is 25.1 Å². The van der Waals surface area contributed by atoms with Crippen LogP contribution in [0.2, 0.25) is 0 Å². The topological polar surface area (TPSA) is 135 Å². The molecule has 0 saturated heterocycles. The number of hydrogen-bond acceptors (Lipinski definition) is 5. The van der Waals surface area contributed by atoms with Gasteiger partial charge < -0.3 is 15.9 Å². The van der Waals surface area contributed by atoms with E-state index in [9.17, 15) is 19.2 Å². The number of carbonyl (C=O) groups is 4. The number of carboxylic acids is 2. The summed E-state index contributed by atoms with van der Waals surface area (Å²) in [6, 6.07) is 16.0. The third kappa shape index (κ3) is 3.56. The largest absolute Gasteiger partial charge is 0.478 e. The number of anilines is 1. The SMILES string of the molecule is Cc1c(C(=O)O)cccc1C(=O)O.Nc1cccc2c1C(=O)c1ccccc1C2=O. The van der Waals surface area contributed by atoms with E-state index in [-0.39, 0.29) is 28.3 Å². The van der Waals surface area contributed by atoms with Crippen molar-refractivity contribution in [3.63, 3.8) is 0 Å². The molecule has 7 nitrogen and oxygen atoms in total. The quantitative estimate of drug-likeness (QED) is 0.436. The number of benzene rings is 3. The highest BCUT2D eigenvalue weighted by Crippen LogP contribution is 2.30. The molecule has 0 radical (unpaired) electrons. The standard InChI is InChI=1S/C14H9NO2.C9H8O4/c15-11-7-3-6-10-12(11)14(17)9-5-2-1-4-8(9)13(10)16;1-5-6(8(10)11)3-2-4-7(5)9(12)13/h1-7H,15H2;2-4H,1H3,(H,10,11)(H,12,13). The minimum Gasteiger partial charge on any atom is -0.478 e. The van der Waals surface area contributed by atoms with Gasteiger partial charge in [-0.15, -0.1) is 0 Å². The molecule has 1 aliphatic rings. The molecule has 0 heterocycles. The Kier molecular flexibility index (Phi) is 5.46. The molecule has 4 N–H and O–H groups in total. The molecule has 1 aliphatic carbocycles. The second-order valence-corrected chi connectivity index (χ2v) is 6.56. The molecule has 0 amide bonds. The van der Waals surface area contributed by atoms with Gasteiger partial charge in [0.2, 0.25) is 0 Å². The number of nitrogens with two attached hydrogens (primary N) is 1. The van der Waals surface area contributed by atoms with Crippen LogP contribution in [0.4, 0.5) is 5.69 Å². The van der Waals surface area contributed by atoms with E-state index in [1.807, 2.05) is 0 Å². The number of hydrogen-bond donors (Lipinski definition) is 3. The fourth-order valence-electron chi connectivity index (χ4n) is 3.27. The Balaban J connectivity index is 0.000000178. The Morgan fingerprint density at radius 2 is 1.17 bits per heavy atom. The smallest absolute Gasteiger partial charge is 0.335 e. The third-order valence-electron chi connectivity index (χ3n) is 4.78. The van der Waals surface area contributed by atoms with Gasteiger partial charge in [0, 0.05) is 22.4 Å². The van der Waals surface area contributed by atoms with Gasteiger partial charge in [-0.25, -0.2) is 9.59 Å². The summed E-state index contributed by atoms with van der Waals surface area (Å²) in [6.07, 6.45) is 0. The van der Waals surface area contributed by atoms with Crippen LogP contribution in [0.1, 0.15) is 58.1 Å². The maximum Gasteiger partial charge on any atom is 0.335 e. The highest BCUT2D eigenvalue weighted by atomic mass is 16.4. The summed E-state index contributed by atoms with van der Waals surface area (Å²) in [6.45, 7) is 1.48. The Hall–Kier alpha value is -4.26. The van der Waals surface area contributed by atoms with Crippen molar-refractivity contribution >= 4 is 29.2 Å². The van der Waals surface area contributed by atoms with Gasteiger partial charge in [0.05, 0.1) is 16.7 Å². The molecular formula is C23H17NO6. The Bertz CT molecular complexity index is 1180. The van der Waals surface area contributed by atoms with E-state index in [4.69, 9.17) is 15.9 Å². The second kappa shape index (κ2) is 8.00. The lowest BCUT2D eigenvalue weighted by Gasteiger charge is -2.18. The number of nitrogen functional groups attached to an aromatic ring is 1.